The summed E-state index contributed by atoms with van der Waals surface area (Å²) < 4.78 is 7.43. The van der Waals surface area contributed by atoms with Crippen LogP contribution in [-0.2, 0) is 24.1 Å². The zero-order valence-electron chi connectivity index (χ0n) is 22.6. The average molecular weight is 520 g/mol. The number of hydrogen-bond acceptors (Lipinski definition) is 5. The first-order chi connectivity index (χ1) is 19.1. The molecule has 0 saturated carbocycles. The second-order valence-electron chi connectivity index (χ2n) is 9.41. The molecule has 0 unspecified atom stereocenters. The number of carbonyl (C=O) groups excluding carboxylic acids is 1. The van der Waals surface area contributed by atoms with E-state index in [0.717, 1.165) is 63.4 Å². The van der Waals surface area contributed by atoms with Gasteiger partial charge in [0.2, 0.25) is 0 Å². The highest BCUT2D eigenvalue weighted by molar-refractivity contribution is 5.89. The van der Waals surface area contributed by atoms with Crippen molar-refractivity contribution in [2.45, 2.75) is 46.6 Å². The fourth-order valence-electron chi connectivity index (χ4n) is 4.93. The van der Waals surface area contributed by atoms with Crippen molar-refractivity contribution in [3.05, 3.63) is 102 Å². The number of aryl methyl sites for hydroxylation is 2. The van der Waals surface area contributed by atoms with Crippen LogP contribution in [0.4, 0.5) is 0 Å². The highest BCUT2D eigenvalue weighted by Gasteiger charge is 2.23. The summed E-state index contributed by atoms with van der Waals surface area (Å²) in [6.45, 7) is 6.86. The minimum atomic E-state index is -0.309. The Bertz CT molecular complexity index is 1540. The van der Waals surface area contributed by atoms with E-state index < -0.39 is 0 Å². The lowest BCUT2D eigenvalue weighted by atomic mass is 9.93. The molecule has 5 rings (SSSR count). The van der Waals surface area contributed by atoms with E-state index in [2.05, 4.69) is 76.9 Å². The van der Waals surface area contributed by atoms with Gasteiger partial charge >= 0.3 is 5.97 Å². The second kappa shape index (κ2) is 11.9. The number of carbonyl (C=O) groups is 1. The van der Waals surface area contributed by atoms with Crippen molar-refractivity contribution >= 4 is 5.97 Å². The summed E-state index contributed by atoms with van der Waals surface area (Å²) in [7, 11) is 0. The predicted octanol–water partition coefficient (Wildman–Crippen LogP) is 6.74. The van der Waals surface area contributed by atoms with Crippen molar-refractivity contribution in [1.29, 1.82) is 0 Å². The summed E-state index contributed by atoms with van der Waals surface area (Å²) >= 11 is 0. The highest BCUT2D eigenvalue weighted by atomic mass is 16.5. The van der Waals surface area contributed by atoms with Crippen LogP contribution >= 0.6 is 0 Å². The van der Waals surface area contributed by atoms with Crippen molar-refractivity contribution < 1.29 is 9.53 Å². The van der Waals surface area contributed by atoms with Crippen LogP contribution < -0.4 is 0 Å². The highest BCUT2D eigenvalue weighted by Crippen LogP contribution is 2.35. The van der Waals surface area contributed by atoms with Gasteiger partial charge in [-0.25, -0.2) is 9.78 Å². The average Bonchev–Trinajstić information content (AvgIpc) is 3.63. The standard InChI is InChI=1S/C32H33N5O2/c1-4-10-30-34-28(5-2)31(32(38)39-6-3)37(30)21-22-13-15-24(16-14-22)27-19-25(23-11-8-7-9-12-23)17-18-26(27)29-20-33-36-35-29/h7-9,11-20H,4-6,10,21H2,1-3H3,(H,33,35,36). The zero-order chi connectivity index (χ0) is 27.2. The Morgan fingerprint density at radius 1 is 0.897 bits per heavy atom. The Balaban J connectivity index is 1.52. The monoisotopic (exact) mass is 519 g/mol. The smallest absolute Gasteiger partial charge is 0.356 e. The van der Waals surface area contributed by atoms with Crippen molar-refractivity contribution in [2.24, 2.45) is 0 Å². The Morgan fingerprint density at radius 2 is 1.67 bits per heavy atom. The van der Waals surface area contributed by atoms with Gasteiger partial charge in [0, 0.05) is 18.5 Å². The predicted molar refractivity (Wildman–Crippen MR) is 153 cm³/mol. The molecule has 198 valence electrons. The molecule has 0 aliphatic carbocycles. The van der Waals surface area contributed by atoms with Crippen molar-refractivity contribution in [2.75, 3.05) is 6.61 Å². The molecule has 3 aromatic carbocycles. The van der Waals surface area contributed by atoms with Crippen molar-refractivity contribution in [1.82, 2.24) is 25.0 Å². The molecule has 2 heterocycles. The molecule has 39 heavy (non-hydrogen) atoms. The van der Waals surface area contributed by atoms with Gasteiger partial charge in [-0.2, -0.15) is 15.4 Å². The first-order valence-electron chi connectivity index (χ1n) is 13.5. The minimum absolute atomic E-state index is 0.309. The van der Waals surface area contributed by atoms with E-state index in [1.54, 1.807) is 6.20 Å². The Hall–Kier alpha value is -4.52. The fraction of sp³-hybridized carbons (Fsp3) is 0.250. The number of aromatic amines is 1. The van der Waals surface area contributed by atoms with Crippen LogP contribution in [0, 0.1) is 0 Å². The number of H-pyrrole nitrogens is 1. The summed E-state index contributed by atoms with van der Waals surface area (Å²) in [5.74, 6) is 0.612. The number of nitrogens with zero attached hydrogens (tertiary/aromatic N) is 4. The maximum absolute atomic E-state index is 12.9. The van der Waals surface area contributed by atoms with Crippen LogP contribution in [0.1, 0.15) is 54.8 Å². The molecule has 7 nitrogen and oxygen atoms in total. The lowest BCUT2D eigenvalue weighted by Gasteiger charge is -2.14. The van der Waals surface area contributed by atoms with Gasteiger partial charge in [0.05, 0.1) is 18.5 Å². The SMILES string of the molecule is CCCc1nc(CC)c(C(=O)OCC)n1Cc1ccc(-c2cc(-c3ccccc3)ccc2-c2cn[nH]n2)cc1. The summed E-state index contributed by atoms with van der Waals surface area (Å²) in [6.07, 6.45) is 4.17. The third-order valence-electron chi connectivity index (χ3n) is 6.82. The molecule has 0 bridgehead atoms. The van der Waals surface area contributed by atoms with Crippen LogP contribution in [-0.4, -0.2) is 37.5 Å². The quantitative estimate of drug-likeness (QED) is 0.207. The van der Waals surface area contributed by atoms with E-state index >= 15 is 0 Å². The molecule has 0 radical (unpaired) electrons. The van der Waals surface area contributed by atoms with E-state index in [9.17, 15) is 4.79 Å². The van der Waals surface area contributed by atoms with E-state index in [4.69, 9.17) is 9.72 Å². The van der Waals surface area contributed by atoms with Gasteiger partial charge < -0.3 is 9.30 Å². The lowest BCUT2D eigenvalue weighted by Crippen LogP contribution is -2.16. The van der Waals surface area contributed by atoms with Crippen LogP contribution in [0.5, 0.6) is 0 Å². The van der Waals surface area contributed by atoms with E-state index in [1.807, 2.05) is 36.6 Å². The van der Waals surface area contributed by atoms with Gasteiger partial charge in [-0.1, -0.05) is 80.6 Å². The number of nitrogens with one attached hydrogen (secondary N) is 1. The molecule has 0 spiro atoms. The molecule has 0 saturated heterocycles. The lowest BCUT2D eigenvalue weighted by molar-refractivity contribution is 0.0512. The summed E-state index contributed by atoms with van der Waals surface area (Å²) in [6, 6.07) is 25.3. The minimum Gasteiger partial charge on any atom is -0.461 e. The molecule has 0 aliphatic heterocycles. The van der Waals surface area contributed by atoms with Gasteiger partial charge in [0.15, 0.2) is 5.69 Å². The number of benzene rings is 3. The molecule has 0 amide bonds. The van der Waals surface area contributed by atoms with Crippen molar-refractivity contribution in [3.63, 3.8) is 0 Å². The molecular formula is C32H33N5O2. The number of hydrogen-bond donors (Lipinski definition) is 1. The molecule has 0 aliphatic rings. The number of aromatic nitrogens is 5. The molecule has 0 atom stereocenters. The van der Waals surface area contributed by atoms with Gasteiger partial charge in [0.25, 0.3) is 0 Å². The number of rotatable bonds is 10. The second-order valence-corrected chi connectivity index (χ2v) is 9.41. The first kappa shape index (κ1) is 26.1. The third-order valence-corrected chi connectivity index (χ3v) is 6.82. The molecular weight excluding hydrogens is 486 g/mol. The summed E-state index contributed by atoms with van der Waals surface area (Å²) in [5.41, 5.74) is 8.69. The van der Waals surface area contributed by atoms with Gasteiger partial charge in [0.1, 0.15) is 11.5 Å². The third kappa shape index (κ3) is 5.53. The van der Waals surface area contributed by atoms with Crippen LogP contribution in [0.25, 0.3) is 33.5 Å². The molecule has 5 aromatic rings. The topological polar surface area (TPSA) is 85.7 Å². The maximum Gasteiger partial charge on any atom is 0.356 e. The number of ether oxygens (including phenoxy) is 1. The van der Waals surface area contributed by atoms with Crippen LogP contribution in [0.2, 0.25) is 0 Å². The van der Waals surface area contributed by atoms with E-state index in [1.165, 1.54) is 0 Å². The summed E-state index contributed by atoms with van der Waals surface area (Å²) in [5, 5.41) is 11.1. The van der Waals surface area contributed by atoms with Crippen molar-refractivity contribution in [3.8, 4) is 33.5 Å². The molecule has 0 fully saturated rings. The summed E-state index contributed by atoms with van der Waals surface area (Å²) in [4.78, 5) is 17.7. The van der Waals surface area contributed by atoms with E-state index in [-0.39, 0.29) is 5.97 Å². The Morgan fingerprint density at radius 3 is 2.33 bits per heavy atom. The first-order valence-corrected chi connectivity index (χ1v) is 13.5. The van der Waals surface area contributed by atoms with Gasteiger partial charge in [-0.3, -0.25) is 0 Å². The van der Waals surface area contributed by atoms with Crippen LogP contribution in [0.3, 0.4) is 0 Å². The normalized spacial score (nSPS) is 11.1. The van der Waals surface area contributed by atoms with Gasteiger partial charge in [-0.15, -0.1) is 0 Å². The van der Waals surface area contributed by atoms with Gasteiger partial charge in [-0.05, 0) is 53.6 Å². The molecule has 2 aromatic heterocycles. The maximum atomic E-state index is 12.9. The number of imidazole rings is 1. The fourth-order valence-corrected chi connectivity index (χ4v) is 4.93. The molecule has 1 N–H and O–H groups in total. The van der Waals surface area contributed by atoms with E-state index in [0.29, 0.717) is 25.3 Å². The largest absolute Gasteiger partial charge is 0.461 e. The Kier molecular flexibility index (Phi) is 7.96. The molecule has 7 heteroatoms. The number of esters is 1. The zero-order valence-corrected chi connectivity index (χ0v) is 22.6. The Labute approximate surface area is 228 Å². The van der Waals surface area contributed by atoms with Crippen LogP contribution in [0.15, 0.2) is 79.0 Å².